The molecule has 0 aliphatic heterocycles. The van der Waals surface area contributed by atoms with Crippen LogP contribution in [-0.4, -0.2) is 38.5 Å². The number of aromatic nitrogens is 4. The first-order valence-electron chi connectivity index (χ1n) is 10.7. The van der Waals surface area contributed by atoms with Gasteiger partial charge in [0.2, 0.25) is 0 Å². The topological polar surface area (TPSA) is 84.5 Å². The summed E-state index contributed by atoms with van der Waals surface area (Å²) in [6.07, 6.45) is 13.4. The van der Waals surface area contributed by atoms with E-state index >= 15 is 0 Å². The molecule has 0 radical (unpaired) electrons. The number of hydrogen-bond donors (Lipinski definition) is 1. The van der Waals surface area contributed by atoms with E-state index in [1.54, 1.807) is 35.1 Å². The minimum Gasteiger partial charge on any atom is -0.346 e. The largest absolute Gasteiger partial charge is 0.346 e. The number of amides is 1. The molecule has 0 aliphatic rings. The molecule has 1 N–H and O–H groups in total. The van der Waals surface area contributed by atoms with Gasteiger partial charge >= 0.3 is 0 Å². The van der Waals surface area contributed by atoms with Crippen LogP contribution in [0.25, 0.3) is 5.52 Å². The molecule has 33 heavy (non-hydrogen) atoms. The van der Waals surface area contributed by atoms with Crippen molar-refractivity contribution in [2.24, 2.45) is 4.99 Å². The molecular formula is C25H27ClN6O. The number of pyridine rings is 2. The monoisotopic (exact) mass is 462 g/mol. The fourth-order valence-electron chi connectivity index (χ4n) is 3.10. The van der Waals surface area contributed by atoms with Gasteiger partial charge in [0.1, 0.15) is 5.69 Å². The quantitative estimate of drug-likeness (QED) is 0.371. The van der Waals surface area contributed by atoms with E-state index in [-0.39, 0.29) is 5.91 Å². The Labute approximate surface area is 198 Å². The van der Waals surface area contributed by atoms with Crippen LogP contribution in [0.15, 0.2) is 76.6 Å². The molecule has 3 rings (SSSR count). The highest BCUT2D eigenvalue weighted by molar-refractivity contribution is 6.39. The Kier molecular flexibility index (Phi) is 8.66. The molecule has 0 saturated carbocycles. The average Bonchev–Trinajstić information content (AvgIpc) is 3.22. The predicted molar refractivity (Wildman–Crippen MR) is 133 cm³/mol. The van der Waals surface area contributed by atoms with Crippen molar-refractivity contribution in [2.45, 2.75) is 33.7 Å². The zero-order valence-corrected chi connectivity index (χ0v) is 19.8. The molecule has 170 valence electrons. The molecule has 3 aromatic rings. The van der Waals surface area contributed by atoms with Crippen LogP contribution in [0.4, 0.5) is 0 Å². The Bertz CT molecular complexity index is 1240. The summed E-state index contributed by atoms with van der Waals surface area (Å²) >= 11 is 6.08. The fraction of sp³-hybridized carbons (Fsp3) is 0.240. The Morgan fingerprint density at radius 2 is 2.15 bits per heavy atom. The number of nitrogens with one attached hydrogen (secondary N) is 1. The molecule has 0 aromatic carbocycles. The standard InChI is InChI=1S/C25H27ClN6O/c1-4-19(7-6-8-21(26)16-27-5-2)14-22-15-20(9-11-28-22)25(33)29-17-23-24-13-18(3)10-12-32(24)31-30-23/h4,6-13,15-16H,5,14,17H2,1-3H3,(H,29,33)/b7-6+,19-4+,21-8+,27-16-. The van der Waals surface area contributed by atoms with Crippen molar-refractivity contribution in [3.63, 3.8) is 0 Å². The number of allylic oxidation sites excluding steroid dienone is 6. The molecular weight excluding hydrogens is 436 g/mol. The van der Waals surface area contributed by atoms with Gasteiger partial charge in [0, 0.05) is 42.8 Å². The van der Waals surface area contributed by atoms with Gasteiger partial charge in [-0.1, -0.05) is 35.0 Å². The van der Waals surface area contributed by atoms with E-state index in [1.807, 2.05) is 57.3 Å². The highest BCUT2D eigenvalue weighted by atomic mass is 35.5. The number of halogens is 1. The molecule has 0 unspecified atom stereocenters. The number of nitrogens with zero attached hydrogens (tertiary/aromatic N) is 5. The highest BCUT2D eigenvalue weighted by Gasteiger charge is 2.11. The Hall–Kier alpha value is -3.58. The maximum Gasteiger partial charge on any atom is 0.251 e. The first-order chi connectivity index (χ1) is 16.0. The van der Waals surface area contributed by atoms with Crippen molar-refractivity contribution >= 4 is 29.2 Å². The second-order valence-electron chi connectivity index (χ2n) is 7.37. The van der Waals surface area contributed by atoms with Crippen LogP contribution in [0, 0.1) is 6.92 Å². The number of carbonyl (C=O) groups excluding carboxylic acids is 1. The van der Waals surface area contributed by atoms with Crippen LogP contribution in [0.5, 0.6) is 0 Å². The lowest BCUT2D eigenvalue weighted by Gasteiger charge is -2.06. The second-order valence-corrected chi connectivity index (χ2v) is 7.80. The highest BCUT2D eigenvalue weighted by Crippen LogP contribution is 2.12. The van der Waals surface area contributed by atoms with Crippen LogP contribution in [-0.2, 0) is 13.0 Å². The number of fused-ring (bicyclic) bond motifs is 1. The summed E-state index contributed by atoms with van der Waals surface area (Å²) in [4.78, 5) is 21.2. The van der Waals surface area contributed by atoms with Crippen molar-refractivity contribution in [3.8, 4) is 0 Å². The number of carbonyl (C=O) groups is 1. The molecule has 0 bridgehead atoms. The van der Waals surface area contributed by atoms with Gasteiger partial charge in [-0.05, 0) is 62.2 Å². The summed E-state index contributed by atoms with van der Waals surface area (Å²) in [5.41, 5.74) is 5.11. The fourth-order valence-corrected chi connectivity index (χ4v) is 3.25. The summed E-state index contributed by atoms with van der Waals surface area (Å²) in [7, 11) is 0. The average molecular weight is 463 g/mol. The number of aliphatic imine (C=N–C) groups is 1. The van der Waals surface area contributed by atoms with Gasteiger partial charge in [-0.25, -0.2) is 4.52 Å². The minimum atomic E-state index is -0.185. The minimum absolute atomic E-state index is 0.185. The molecule has 0 aliphatic carbocycles. The van der Waals surface area contributed by atoms with Gasteiger partial charge in [-0.3, -0.25) is 14.8 Å². The van der Waals surface area contributed by atoms with Crippen LogP contribution in [0.3, 0.4) is 0 Å². The van der Waals surface area contributed by atoms with Crippen molar-refractivity contribution in [1.29, 1.82) is 0 Å². The van der Waals surface area contributed by atoms with Crippen LogP contribution < -0.4 is 5.32 Å². The lowest BCUT2D eigenvalue weighted by atomic mass is 10.1. The lowest BCUT2D eigenvalue weighted by Crippen LogP contribution is -2.23. The smallest absolute Gasteiger partial charge is 0.251 e. The molecule has 0 spiro atoms. The number of rotatable bonds is 9. The zero-order chi connectivity index (χ0) is 23.6. The third kappa shape index (κ3) is 6.95. The van der Waals surface area contributed by atoms with E-state index in [0.29, 0.717) is 30.1 Å². The molecule has 0 fully saturated rings. The normalized spacial score (nSPS) is 12.8. The van der Waals surface area contributed by atoms with Crippen LogP contribution in [0.1, 0.15) is 41.2 Å². The Morgan fingerprint density at radius 1 is 1.30 bits per heavy atom. The molecule has 0 saturated heterocycles. The number of hydrogen-bond acceptors (Lipinski definition) is 5. The molecule has 1 amide bonds. The van der Waals surface area contributed by atoms with Crippen molar-refractivity contribution in [1.82, 2.24) is 25.1 Å². The van der Waals surface area contributed by atoms with Crippen LogP contribution >= 0.6 is 11.6 Å². The summed E-state index contributed by atoms with van der Waals surface area (Å²) in [5.74, 6) is -0.185. The Morgan fingerprint density at radius 3 is 2.94 bits per heavy atom. The van der Waals surface area contributed by atoms with Gasteiger partial charge < -0.3 is 5.32 Å². The summed E-state index contributed by atoms with van der Waals surface area (Å²) in [6.45, 7) is 6.91. The van der Waals surface area contributed by atoms with Gasteiger partial charge in [0.05, 0.1) is 17.1 Å². The van der Waals surface area contributed by atoms with Gasteiger partial charge in [0.15, 0.2) is 0 Å². The maximum absolute atomic E-state index is 12.7. The summed E-state index contributed by atoms with van der Waals surface area (Å²) in [6, 6.07) is 7.46. The first kappa shape index (κ1) is 24.1. The predicted octanol–water partition coefficient (Wildman–Crippen LogP) is 4.62. The summed E-state index contributed by atoms with van der Waals surface area (Å²) in [5, 5.41) is 11.8. The molecule has 3 aromatic heterocycles. The van der Waals surface area contributed by atoms with E-state index in [1.165, 1.54) is 0 Å². The van der Waals surface area contributed by atoms with Gasteiger partial charge in [-0.2, -0.15) is 0 Å². The maximum atomic E-state index is 12.7. The number of aryl methyl sites for hydroxylation is 1. The van der Waals surface area contributed by atoms with Crippen molar-refractivity contribution < 1.29 is 4.79 Å². The lowest BCUT2D eigenvalue weighted by molar-refractivity contribution is 0.0950. The van der Waals surface area contributed by atoms with E-state index < -0.39 is 0 Å². The van der Waals surface area contributed by atoms with Gasteiger partial charge in [-0.15, -0.1) is 5.10 Å². The van der Waals surface area contributed by atoms with E-state index in [0.717, 1.165) is 28.0 Å². The van der Waals surface area contributed by atoms with Crippen molar-refractivity contribution in [3.05, 3.63) is 94.1 Å². The third-order valence-electron chi connectivity index (χ3n) is 4.86. The SMILES string of the molecule is C\C=C(/C=C/C=C(Cl)\C=N/CC)Cc1cc(C(=O)NCc2nnn3ccc(C)cc23)ccn1. The van der Waals surface area contributed by atoms with E-state index in [2.05, 4.69) is 25.6 Å². The molecule has 8 heteroatoms. The third-order valence-corrected chi connectivity index (χ3v) is 5.08. The van der Waals surface area contributed by atoms with Gasteiger partial charge in [0.25, 0.3) is 5.91 Å². The molecule has 0 atom stereocenters. The summed E-state index contributed by atoms with van der Waals surface area (Å²) < 4.78 is 1.70. The molecule has 3 heterocycles. The van der Waals surface area contributed by atoms with Crippen LogP contribution in [0.2, 0.25) is 0 Å². The van der Waals surface area contributed by atoms with E-state index in [9.17, 15) is 4.79 Å². The second kappa shape index (κ2) is 11.9. The molecule has 7 nitrogen and oxygen atoms in total. The van der Waals surface area contributed by atoms with E-state index in [4.69, 9.17) is 11.6 Å². The Balaban J connectivity index is 1.63. The van der Waals surface area contributed by atoms with Crippen molar-refractivity contribution in [2.75, 3.05) is 6.54 Å². The first-order valence-corrected chi connectivity index (χ1v) is 11.1. The zero-order valence-electron chi connectivity index (χ0n) is 19.0.